The minimum absolute atomic E-state index is 0.0780. The van der Waals surface area contributed by atoms with Gasteiger partial charge in [0.15, 0.2) is 0 Å². The van der Waals surface area contributed by atoms with Crippen LogP contribution in [0.25, 0.3) is 0 Å². The summed E-state index contributed by atoms with van der Waals surface area (Å²) in [5.74, 6) is 1.18. The Labute approximate surface area is 167 Å². The minimum atomic E-state index is -3.79. The van der Waals surface area contributed by atoms with Crippen LogP contribution in [0.1, 0.15) is 32.6 Å². The Morgan fingerprint density at radius 2 is 1.79 bits per heavy atom. The number of hydrogen-bond donors (Lipinski definition) is 0. The maximum absolute atomic E-state index is 13.3. The highest BCUT2D eigenvalue weighted by molar-refractivity contribution is 7.89. The van der Waals surface area contributed by atoms with Gasteiger partial charge in [-0.3, -0.25) is 4.79 Å². The fourth-order valence-corrected chi connectivity index (χ4v) is 5.67. The molecule has 1 unspecified atom stereocenters. The highest BCUT2D eigenvalue weighted by Crippen LogP contribution is 2.33. The topological polar surface area (TPSA) is 76.1 Å². The summed E-state index contributed by atoms with van der Waals surface area (Å²) in [6.45, 7) is 4.37. The molecule has 2 heterocycles. The molecule has 2 fully saturated rings. The summed E-state index contributed by atoms with van der Waals surface area (Å²) >= 11 is 0. The van der Waals surface area contributed by atoms with E-state index in [2.05, 4.69) is 6.92 Å². The lowest BCUT2D eigenvalue weighted by Crippen LogP contribution is -2.48. The zero-order chi connectivity index (χ0) is 20.3. The molecule has 2 saturated heterocycles. The molecule has 1 aromatic rings. The summed E-state index contributed by atoms with van der Waals surface area (Å²) < 4.78 is 38.4. The molecule has 1 amide bonds. The molecule has 0 spiro atoms. The molecule has 0 radical (unpaired) electrons. The normalized spacial score (nSPS) is 22.1. The molecule has 0 N–H and O–H groups in total. The molecule has 0 bridgehead atoms. The van der Waals surface area contributed by atoms with E-state index >= 15 is 0 Å². The number of methoxy groups -OCH3 is 2. The van der Waals surface area contributed by atoms with Crippen molar-refractivity contribution in [3.8, 4) is 11.5 Å². The molecule has 156 valence electrons. The third kappa shape index (κ3) is 4.27. The highest BCUT2D eigenvalue weighted by Gasteiger charge is 2.37. The average Bonchev–Trinajstić information content (AvgIpc) is 2.73. The first kappa shape index (κ1) is 20.9. The second-order valence-electron chi connectivity index (χ2n) is 7.73. The molecule has 3 rings (SSSR count). The van der Waals surface area contributed by atoms with Crippen LogP contribution in [-0.4, -0.2) is 63.9 Å². The van der Waals surface area contributed by atoms with Gasteiger partial charge in [0.1, 0.15) is 16.4 Å². The van der Waals surface area contributed by atoms with Crippen molar-refractivity contribution in [2.24, 2.45) is 11.8 Å². The largest absolute Gasteiger partial charge is 0.497 e. The fourth-order valence-electron chi connectivity index (χ4n) is 3.97. The predicted octanol–water partition coefficient (Wildman–Crippen LogP) is 2.36. The van der Waals surface area contributed by atoms with Crippen molar-refractivity contribution in [1.82, 2.24) is 9.21 Å². The van der Waals surface area contributed by atoms with Crippen molar-refractivity contribution in [3.63, 3.8) is 0 Å². The van der Waals surface area contributed by atoms with Crippen molar-refractivity contribution >= 4 is 15.9 Å². The van der Waals surface area contributed by atoms with Crippen LogP contribution in [-0.2, 0) is 14.8 Å². The van der Waals surface area contributed by atoms with E-state index in [1.54, 1.807) is 12.1 Å². The molecule has 1 aromatic carbocycles. The van der Waals surface area contributed by atoms with Gasteiger partial charge in [-0.15, -0.1) is 0 Å². The molecule has 0 aliphatic carbocycles. The number of rotatable bonds is 5. The number of carbonyl (C=O) groups is 1. The lowest BCUT2D eigenvalue weighted by atomic mass is 9.94. The molecule has 7 nitrogen and oxygen atoms in total. The number of amides is 1. The van der Waals surface area contributed by atoms with Gasteiger partial charge in [0, 0.05) is 32.2 Å². The monoisotopic (exact) mass is 410 g/mol. The minimum Gasteiger partial charge on any atom is -0.497 e. The van der Waals surface area contributed by atoms with Crippen LogP contribution < -0.4 is 9.47 Å². The average molecular weight is 411 g/mol. The Balaban J connectivity index is 1.79. The zero-order valence-electron chi connectivity index (χ0n) is 16.9. The quantitative estimate of drug-likeness (QED) is 0.745. The van der Waals surface area contributed by atoms with Gasteiger partial charge in [0.25, 0.3) is 0 Å². The summed E-state index contributed by atoms with van der Waals surface area (Å²) in [5.41, 5.74) is 0. The third-order valence-corrected chi connectivity index (χ3v) is 7.70. The first-order chi connectivity index (χ1) is 13.4. The summed E-state index contributed by atoms with van der Waals surface area (Å²) in [6, 6.07) is 4.73. The summed E-state index contributed by atoms with van der Waals surface area (Å²) in [7, 11) is -0.847. The SMILES string of the molecule is COc1ccc(OC)c(S(=O)(=O)N2CCCC(C(=O)N3CCC(C)CC3)C2)c1. The number of hydrogen-bond acceptors (Lipinski definition) is 5. The highest BCUT2D eigenvalue weighted by atomic mass is 32.2. The van der Waals surface area contributed by atoms with Crippen LogP contribution in [0.2, 0.25) is 0 Å². The standard InChI is InChI=1S/C20H30N2O5S/c1-15-8-11-21(12-9-15)20(23)16-5-4-10-22(14-16)28(24,25)19-13-17(26-2)6-7-18(19)27-3/h6-7,13,15-16H,4-5,8-12,14H2,1-3H3. The van der Waals surface area contributed by atoms with Crippen LogP contribution in [0.3, 0.4) is 0 Å². The molecule has 2 aliphatic rings. The van der Waals surface area contributed by atoms with Crippen molar-refractivity contribution in [3.05, 3.63) is 18.2 Å². The first-order valence-electron chi connectivity index (χ1n) is 9.87. The summed E-state index contributed by atoms with van der Waals surface area (Å²) in [5, 5.41) is 0. The van der Waals surface area contributed by atoms with Crippen LogP contribution in [0, 0.1) is 11.8 Å². The Morgan fingerprint density at radius 3 is 2.43 bits per heavy atom. The number of ether oxygens (including phenoxy) is 2. The van der Waals surface area contributed by atoms with E-state index in [1.165, 1.54) is 24.6 Å². The van der Waals surface area contributed by atoms with Crippen molar-refractivity contribution < 1.29 is 22.7 Å². The second-order valence-corrected chi connectivity index (χ2v) is 9.63. The van der Waals surface area contributed by atoms with Crippen LogP contribution >= 0.6 is 0 Å². The van der Waals surface area contributed by atoms with Gasteiger partial charge in [-0.2, -0.15) is 4.31 Å². The van der Waals surface area contributed by atoms with Gasteiger partial charge >= 0.3 is 0 Å². The number of piperidine rings is 2. The molecule has 8 heteroatoms. The van der Waals surface area contributed by atoms with Gasteiger partial charge in [-0.1, -0.05) is 6.92 Å². The molecule has 1 atom stereocenters. The molecular formula is C20H30N2O5S. The number of carbonyl (C=O) groups excluding carboxylic acids is 1. The van der Waals surface area contributed by atoms with E-state index < -0.39 is 10.0 Å². The second kappa shape index (κ2) is 8.69. The van der Waals surface area contributed by atoms with Gasteiger partial charge in [-0.05, 0) is 43.7 Å². The predicted molar refractivity (Wildman–Crippen MR) is 106 cm³/mol. The number of sulfonamides is 1. The van der Waals surface area contributed by atoms with Gasteiger partial charge in [-0.25, -0.2) is 8.42 Å². The summed E-state index contributed by atoms with van der Waals surface area (Å²) in [6.07, 6.45) is 3.43. The Morgan fingerprint density at radius 1 is 1.07 bits per heavy atom. The van der Waals surface area contributed by atoms with E-state index in [1.807, 2.05) is 4.90 Å². The fraction of sp³-hybridized carbons (Fsp3) is 0.650. The Kier molecular flexibility index (Phi) is 6.50. The van der Waals surface area contributed by atoms with E-state index in [9.17, 15) is 13.2 Å². The van der Waals surface area contributed by atoms with E-state index in [4.69, 9.17) is 9.47 Å². The lowest BCUT2D eigenvalue weighted by molar-refractivity contribution is -0.138. The van der Waals surface area contributed by atoms with Gasteiger partial charge < -0.3 is 14.4 Å². The number of likely N-dealkylation sites (tertiary alicyclic amines) is 1. The van der Waals surface area contributed by atoms with Crippen molar-refractivity contribution in [2.45, 2.75) is 37.5 Å². The third-order valence-electron chi connectivity index (χ3n) is 5.82. The van der Waals surface area contributed by atoms with Crippen molar-refractivity contribution in [2.75, 3.05) is 40.4 Å². The van der Waals surface area contributed by atoms with Crippen LogP contribution in [0.5, 0.6) is 11.5 Å². The lowest BCUT2D eigenvalue weighted by Gasteiger charge is -2.37. The van der Waals surface area contributed by atoms with E-state index in [0.717, 1.165) is 32.4 Å². The van der Waals surface area contributed by atoms with E-state index in [-0.39, 0.29) is 29.0 Å². The number of nitrogens with zero attached hydrogens (tertiary/aromatic N) is 2. The maximum atomic E-state index is 13.3. The molecule has 0 saturated carbocycles. The molecule has 0 aromatic heterocycles. The number of benzene rings is 1. The van der Waals surface area contributed by atoms with Gasteiger partial charge in [0.2, 0.25) is 15.9 Å². The Bertz CT molecular complexity index is 803. The van der Waals surface area contributed by atoms with Crippen LogP contribution in [0.15, 0.2) is 23.1 Å². The first-order valence-corrected chi connectivity index (χ1v) is 11.3. The Hall–Kier alpha value is -1.80. The van der Waals surface area contributed by atoms with E-state index in [0.29, 0.717) is 24.6 Å². The smallest absolute Gasteiger partial charge is 0.246 e. The molecule has 28 heavy (non-hydrogen) atoms. The van der Waals surface area contributed by atoms with Crippen molar-refractivity contribution in [1.29, 1.82) is 0 Å². The zero-order valence-corrected chi connectivity index (χ0v) is 17.7. The van der Waals surface area contributed by atoms with Gasteiger partial charge in [0.05, 0.1) is 20.1 Å². The molecule has 2 aliphatic heterocycles. The molecular weight excluding hydrogens is 380 g/mol. The van der Waals surface area contributed by atoms with Crippen LogP contribution in [0.4, 0.5) is 0 Å². The maximum Gasteiger partial charge on any atom is 0.246 e. The summed E-state index contributed by atoms with van der Waals surface area (Å²) in [4.78, 5) is 14.9.